The van der Waals surface area contributed by atoms with Crippen LogP contribution in [0.25, 0.3) is 44.5 Å². The van der Waals surface area contributed by atoms with E-state index in [2.05, 4.69) is 256 Å². The Kier molecular flexibility index (Phi) is 56.3. The van der Waals surface area contributed by atoms with Gasteiger partial charge in [-0.05, 0) is 141 Å². The molecule has 10 aromatic carbocycles. The molecule has 4 aliphatic carbocycles. The smallest absolute Gasteiger partial charge is 0.161 e. The first-order valence-corrected chi connectivity index (χ1v) is 50.1. The summed E-state index contributed by atoms with van der Waals surface area (Å²) in [5.41, 5.74) is 26.7. The average Bonchev–Trinajstić information content (AvgIpc) is 1.51. The Morgan fingerprint density at radius 1 is 0.246 bits per heavy atom. The van der Waals surface area contributed by atoms with Crippen molar-refractivity contribution >= 4 is 17.1 Å². The van der Waals surface area contributed by atoms with Crippen LogP contribution in [0.15, 0.2) is 182 Å². The minimum absolute atomic E-state index is 0. The molecule has 0 aliphatic heterocycles. The molecule has 10 aromatic rings. The molecule has 680 valence electrons. The molecule has 1 atom stereocenters. The predicted octanol–water partition coefficient (Wildman–Crippen LogP) is 35.0. The van der Waals surface area contributed by atoms with Gasteiger partial charge in [0.2, 0.25) is 0 Å². The van der Waals surface area contributed by atoms with Gasteiger partial charge in [-0.2, -0.15) is 133 Å². The van der Waals surface area contributed by atoms with E-state index in [1.807, 2.05) is 36.4 Å². The molecule has 1 unspecified atom stereocenters. The summed E-state index contributed by atoms with van der Waals surface area (Å²) in [6.07, 6.45) is 52.2. The molecular weight excluding hydrogens is 2040 g/mol. The standard InChI is InChI=1S/C52H76.C45H54O4.C22H21N.6Y/c1-5-9-13-17-21-29-37-51(38-30-22-18-14-10-6-2)47-35-27-25-33-43(47)45-42-50-46(41-49(45)51)44-34-26-28-36-48(44)52(50,39-31-23-19-15-11-7-3)40-32-24-20-16-12-8-4;1-5-9-17-25-46-41-29-35-36-30-42(47-26-18-10-6-2)44(49-28-20-12-8-4)32-40(36)45(39(35)31-43(41)48-27-19-11-7-3)37-23-15-13-21-33(37)34-22-14-16-24-38(34)45;1-3-18(2)19-14-16-22(17-15-19)23(20-10-6-4-7-11-20)21-12-8-5-9-13-21;;;;;;/h25-26,33-36,41-42H,5-24,29-32,37-40H2,1-4H3;13-14,21-24,29-32H,5-12,17-20,25-28H2,1-4H3;6-18H,3H2,1-2H3;;;;;;/q3*-2;;;;;;. The van der Waals surface area contributed by atoms with Crippen molar-refractivity contribution in [1.82, 2.24) is 0 Å². The summed E-state index contributed by atoms with van der Waals surface area (Å²) in [4.78, 5) is 2.25. The van der Waals surface area contributed by atoms with Gasteiger partial charge in [-0.25, -0.2) is 0 Å². The van der Waals surface area contributed by atoms with Crippen molar-refractivity contribution in [3.63, 3.8) is 0 Å². The number of unbranched alkanes of at least 4 members (excludes halogenated alkanes) is 28. The molecule has 0 heterocycles. The molecule has 0 saturated carbocycles. The molecule has 0 fully saturated rings. The van der Waals surface area contributed by atoms with E-state index in [0.717, 1.165) is 135 Å². The SMILES string of the molecule is CCC(C)c1ccc(N(c2cc[c-]cc2)c2cc[c-]cc2)cc1.CCCCCCCCC1(CCCCCCCC)c2c[c-]ccc2-c2cc3c(cc21)-c1cc[c-]cc1C3(CCCCCCCC)CCCCCCCC.CCCCCOc1cc2c(cc1OCCCCC)C1(c3c[c-]ccc3-c3cc[c-]cc31)c1cc(OCCCCC)c(OCCCCC)cc1-2.[Y].[Y].[Y].[Y].[Y].[Y]. The van der Waals surface area contributed by atoms with Crippen LogP contribution >= 0.6 is 0 Å². The summed E-state index contributed by atoms with van der Waals surface area (Å²) in [6.45, 7) is 25.4. The van der Waals surface area contributed by atoms with Crippen molar-refractivity contribution in [3.8, 4) is 67.5 Å². The molecule has 0 saturated heterocycles. The average molecular weight is 2190 g/mol. The van der Waals surface area contributed by atoms with Crippen molar-refractivity contribution in [2.75, 3.05) is 31.3 Å². The first kappa shape index (κ1) is 117. The van der Waals surface area contributed by atoms with Crippen molar-refractivity contribution in [1.29, 1.82) is 0 Å². The summed E-state index contributed by atoms with van der Waals surface area (Å²) < 4.78 is 26.3. The van der Waals surface area contributed by atoms with E-state index in [1.54, 1.807) is 33.4 Å². The number of fused-ring (bicyclic) bond motifs is 16. The molecule has 6 radical (unpaired) electrons. The molecule has 14 rings (SSSR count). The summed E-state index contributed by atoms with van der Waals surface area (Å²) in [7, 11) is 0. The Hall–Kier alpha value is -2.18. The fourth-order valence-electron chi connectivity index (χ4n) is 20.7. The molecule has 130 heavy (non-hydrogen) atoms. The quantitative estimate of drug-likeness (QED) is 0.0281. The minimum atomic E-state index is -0.574. The topological polar surface area (TPSA) is 40.2 Å². The minimum Gasteiger partial charge on any atom is -0.490 e. The first-order valence-electron chi connectivity index (χ1n) is 50.1. The van der Waals surface area contributed by atoms with E-state index in [9.17, 15) is 0 Å². The maximum absolute atomic E-state index is 6.61. The van der Waals surface area contributed by atoms with E-state index in [4.69, 9.17) is 18.9 Å². The maximum atomic E-state index is 6.61. The fraction of sp³-hybridized carbons (Fsp3) is 0.496. The zero-order valence-electron chi connectivity index (χ0n) is 81.8. The monoisotopic (exact) mass is 2190 g/mol. The predicted molar refractivity (Wildman–Crippen MR) is 527 cm³/mol. The van der Waals surface area contributed by atoms with Crippen LogP contribution < -0.4 is 23.8 Å². The largest absolute Gasteiger partial charge is 0.490 e. The van der Waals surface area contributed by atoms with Gasteiger partial charge in [-0.15, -0.1) is 68.8 Å². The van der Waals surface area contributed by atoms with Gasteiger partial charge in [-0.3, -0.25) is 0 Å². The summed E-state index contributed by atoms with van der Waals surface area (Å²) in [5, 5.41) is 0. The Morgan fingerprint density at radius 3 is 0.808 bits per heavy atom. The van der Waals surface area contributed by atoms with Crippen LogP contribution in [0.1, 0.15) is 388 Å². The number of hydrogen-bond acceptors (Lipinski definition) is 5. The third kappa shape index (κ3) is 29.5. The molecule has 11 heteroatoms. The van der Waals surface area contributed by atoms with Gasteiger partial charge < -0.3 is 23.8 Å². The van der Waals surface area contributed by atoms with Crippen LogP contribution in [0.5, 0.6) is 23.0 Å². The molecule has 1 spiro atoms. The molecule has 4 aliphatic rings. The van der Waals surface area contributed by atoms with Gasteiger partial charge in [0.1, 0.15) is 0 Å². The summed E-state index contributed by atoms with van der Waals surface area (Å²) in [6, 6.07) is 86.8. The van der Waals surface area contributed by atoms with E-state index in [1.165, 1.54) is 230 Å². The number of benzene rings is 10. The number of hydrogen-bond donors (Lipinski definition) is 0. The maximum Gasteiger partial charge on any atom is 0.161 e. The van der Waals surface area contributed by atoms with Crippen LogP contribution in [-0.4, -0.2) is 26.4 Å². The Labute approximate surface area is 941 Å². The van der Waals surface area contributed by atoms with Crippen LogP contribution in [0, 0.1) is 36.4 Å². The molecule has 0 N–H and O–H groups in total. The van der Waals surface area contributed by atoms with E-state index in [0.29, 0.717) is 32.3 Å². The van der Waals surface area contributed by atoms with E-state index in [-0.39, 0.29) is 207 Å². The Bertz CT molecular complexity index is 4530. The molecule has 0 bridgehead atoms. The second-order valence-corrected chi connectivity index (χ2v) is 36.5. The third-order valence-electron chi connectivity index (χ3n) is 27.7. The van der Waals surface area contributed by atoms with Gasteiger partial charge in [0.05, 0.1) is 26.4 Å². The van der Waals surface area contributed by atoms with Crippen molar-refractivity contribution in [2.24, 2.45) is 0 Å². The van der Waals surface area contributed by atoms with Crippen LogP contribution in [-0.2, 0) is 213 Å². The number of anilines is 3. The first-order chi connectivity index (χ1) is 61.1. The molecular formula is C119H151NO4Y6-6. The molecule has 0 aromatic heterocycles. The number of ether oxygens (including phenoxy) is 4. The summed E-state index contributed by atoms with van der Waals surface area (Å²) in [5.74, 6) is 3.87. The normalized spacial score (nSPS) is 12.9. The third-order valence-corrected chi connectivity index (χ3v) is 27.7. The molecule has 0 amide bonds. The van der Waals surface area contributed by atoms with Gasteiger partial charge in [0.25, 0.3) is 0 Å². The van der Waals surface area contributed by atoms with Crippen LogP contribution in [0.4, 0.5) is 17.1 Å². The van der Waals surface area contributed by atoms with E-state index < -0.39 is 5.41 Å². The second kappa shape index (κ2) is 62.8. The van der Waals surface area contributed by atoms with E-state index >= 15 is 0 Å². The zero-order valence-corrected chi connectivity index (χ0v) is 98.8. The molecule has 5 nitrogen and oxygen atoms in total. The summed E-state index contributed by atoms with van der Waals surface area (Å²) >= 11 is 0. The fourth-order valence-corrected chi connectivity index (χ4v) is 20.7. The Morgan fingerprint density at radius 2 is 0.500 bits per heavy atom. The van der Waals surface area contributed by atoms with Gasteiger partial charge >= 0.3 is 0 Å². The van der Waals surface area contributed by atoms with Crippen molar-refractivity contribution in [2.45, 2.75) is 355 Å². The van der Waals surface area contributed by atoms with Crippen LogP contribution in [0.3, 0.4) is 0 Å². The number of nitrogens with zero attached hydrogens (tertiary/aromatic N) is 1. The van der Waals surface area contributed by atoms with Gasteiger partial charge in [0, 0.05) is 202 Å². The van der Waals surface area contributed by atoms with Crippen molar-refractivity contribution < 1.29 is 215 Å². The number of rotatable bonds is 53. The van der Waals surface area contributed by atoms with Crippen LogP contribution in [0.2, 0.25) is 0 Å². The van der Waals surface area contributed by atoms with Crippen molar-refractivity contribution in [3.05, 3.63) is 268 Å². The van der Waals surface area contributed by atoms with Gasteiger partial charge in [-0.1, -0.05) is 336 Å². The zero-order chi connectivity index (χ0) is 86.6. The van der Waals surface area contributed by atoms with Gasteiger partial charge in [0.15, 0.2) is 23.0 Å². The second-order valence-electron chi connectivity index (χ2n) is 36.5. The Balaban J connectivity index is 0.000000312.